The number of benzene rings is 1. The van der Waals surface area contributed by atoms with E-state index in [1.54, 1.807) is 0 Å². The molecule has 1 aliphatic heterocycles. The molecule has 1 N–H and O–H groups in total. The normalized spacial score (nSPS) is 15.0. The molecule has 0 amide bonds. The van der Waals surface area contributed by atoms with Crippen LogP contribution in [0.1, 0.15) is 64.0 Å². The lowest BCUT2D eigenvalue weighted by atomic mass is 9.98. The number of fused-ring (bicyclic) bond motifs is 1. The lowest BCUT2D eigenvalue weighted by molar-refractivity contribution is 0.168. The Hall–Kier alpha value is -1.22. The van der Waals surface area contributed by atoms with Crippen molar-refractivity contribution in [3.63, 3.8) is 0 Å². The van der Waals surface area contributed by atoms with E-state index < -0.39 is 0 Å². The lowest BCUT2D eigenvalue weighted by Gasteiger charge is -2.26. The summed E-state index contributed by atoms with van der Waals surface area (Å²) in [6.45, 7) is 6.70. The average Bonchev–Trinajstić information content (AvgIpc) is 2.53. The van der Waals surface area contributed by atoms with Gasteiger partial charge in [-0.25, -0.2) is 0 Å². The molecule has 3 heteroatoms. The molecule has 0 saturated carbocycles. The molecule has 1 aromatic rings. The monoisotopic (exact) mass is 291 g/mol. The SMILES string of the molecule is CCCCCCCC(NCC)c1cccc2c1OCCO2. The second-order valence-electron chi connectivity index (χ2n) is 5.68. The molecular formula is C18H29NO2. The third-order valence-electron chi connectivity index (χ3n) is 4.02. The van der Waals surface area contributed by atoms with Gasteiger partial charge in [0.25, 0.3) is 0 Å². The van der Waals surface area contributed by atoms with Gasteiger partial charge in [0.2, 0.25) is 0 Å². The first kappa shape index (κ1) is 16.2. The van der Waals surface area contributed by atoms with Gasteiger partial charge in [-0.05, 0) is 19.0 Å². The number of nitrogens with one attached hydrogen (secondary N) is 1. The summed E-state index contributed by atoms with van der Waals surface area (Å²) in [7, 11) is 0. The van der Waals surface area contributed by atoms with Crippen molar-refractivity contribution in [1.82, 2.24) is 5.32 Å². The molecule has 0 radical (unpaired) electrons. The van der Waals surface area contributed by atoms with Crippen molar-refractivity contribution in [2.45, 2.75) is 58.4 Å². The van der Waals surface area contributed by atoms with Crippen LogP contribution in [0.25, 0.3) is 0 Å². The maximum absolute atomic E-state index is 5.86. The van der Waals surface area contributed by atoms with Gasteiger partial charge in [0.05, 0.1) is 0 Å². The van der Waals surface area contributed by atoms with Crippen molar-refractivity contribution in [2.24, 2.45) is 0 Å². The molecule has 1 atom stereocenters. The van der Waals surface area contributed by atoms with E-state index in [0.717, 1.165) is 24.5 Å². The predicted molar refractivity (Wildman–Crippen MR) is 87.2 cm³/mol. The third-order valence-corrected chi connectivity index (χ3v) is 4.02. The van der Waals surface area contributed by atoms with Gasteiger partial charge in [-0.3, -0.25) is 0 Å². The van der Waals surface area contributed by atoms with Crippen molar-refractivity contribution < 1.29 is 9.47 Å². The number of hydrogen-bond acceptors (Lipinski definition) is 3. The zero-order valence-electron chi connectivity index (χ0n) is 13.5. The summed E-state index contributed by atoms with van der Waals surface area (Å²) < 4.78 is 11.6. The minimum absolute atomic E-state index is 0.369. The number of hydrogen-bond donors (Lipinski definition) is 1. The van der Waals surface area contributed by atoms with Gasteiger partial charge in [-0.2, -0.15) is 0 Å². The van der Waals surface area contributed by atoms with Crippen LogP contribution in [-0.4, -0.2) is 19.8 Å². The molecule has 0 aromatic heterocycles. The van der Waals surface area contributed by atoms with Crippen LogP contribution in [0.5, 0.6) is 11.5 Å². The fraction of sp³-hybridized carbons (Fsp3) is 0.667. The summed E-state index contributed by atoms with van der Waals surface area (Å²) in [6.07, 6.45) is 7.75. The van der Waals surface area contributed by atoms with Crippen LogP contribution in [-0.2, 0) is 0 Å². The molecule has 118 valence electrons. The zero-order valence-corrected chi connectivity index (χ0v) is 13.5. The Balaban J connectivity index is 2.00. The van der Waals surface area contributed by atoms with E-state index in [2.05, 4.69) is 31.3 Å². The molecule has 21 heavy (non-hydrogen) atoms. The molecule has 0 aliphatic carbocycles. The van der Waals surface area contributed by atoms with Crippen LogP contribution in [0.2, 0.25) is 0 Å². The number of rotatable bonds is 9. The molecule has 0 bridgehead atoms. The molecule has 0 fully saturated rings. The zero-order chi connectivity index (χ0) is 14.9. The van der Waals surface area contributed by atoms with E-state index in [4.69, 9.17) is 9.47 Å². The van der Waals surface area contributed by atoms with Crippen LogP contribution >= 0.6 is 0 Å². The second-order valence-corrected chi connectivity index (χ2v) is 5.68. The summed E-state index contributed by atoms with van der Waals surface area (Å²) in [5.74, 6) is 1.84. The average molecular weight is 291 g/mol. The van der Waals surface area contributed by atoms with Crippen molar-refractivity contribution in [2.75, 3.05) is 19.8 Å². The predicted octanol–water partition coefficient (Wildman–Crippen LogP) is 4.47. The van der Waals surface area contributed by atoms with Gasteiger partial charge in [0.1, 0.15) is 13.2 Å². The minimum Gasteiger partial charge on any atom is -0.486 e. The first-order chi connectivity index (χ1) is 10.4. The largest absolute Gasteiger partial charge is 0.486 e. The van der Waals surface area contributed by atoms with Crippen LogP contribution in [0.4, 0.5) is 0 Å². The molecule has 1 aliphatic rings. The smallest absolute Gasteiger partial charge is 0.166 e. The van der Waals surface area contributed by atoms with E-state index in [0.29, 0.717) is 19.3 Å². The number of para-hydroxylation sites is 1. The number of unbranched alkanes of at least 4 members (excludes halogenated alkanes) is 4. The summed E-state index contributed by atoms with van der Waals surface area (Å²) in [5.41, 5.74) is 1.25. The van der Waals surface area contributed by atoms with E-state index >= 15 is 0 Å². The molecule has 1 unspecified atom stereocenters. The Labute approximate surface area is 129 Å². The minimum atomic E-state index is 0.369. The first-order valence-corrected chi connectivity index (χ1v) is 8.48. The van der Waals surface area contributed by atoms with Crippen LogP contribution in [0, 0.1) is 0 Å². The fourth-order valence-corrected chi connectivity index (χ4v) is 2.94. The lowest BCUT2D eigenvalue weighted by Crippen LogP contribution is -2.24. The fourth-order valence-electron chi connectivity index (χ4n) is 2.94. The van der Waals surface area contributed by atoms with Crippen molar-refractivity contribution >= 4 is 0 Å². The molecule has 3 nitrogen and oxygen atoms in total. The van der Waals surface area contributed by atoms with E-state index in [1.165, 1.54) is 37.7 Å². The van der Waals surface area contributed by atoms with Crippen molar-refractivity contribution in [3.8, 4) is 11.5 Å². The Morgan fingerprint density at radius 1 is 1.05 bits per heavy atom. The maximum atomic E-state index is 5.86. The molecule has 1 heterocycles. The topological polar surface area (TPSA) is 30.5 Å². The van der Waals surface area contributed by atoms with Gasteiger partial charge >= 0.3 is 0 Å². The maximum Gasteiger partial charge on any atom is 0.166 e. The van der Waals surface area contributed by atoms with E-state index in [1.807, 2.05) is 6.07 Å². The highest BCUT2D eigenvalue weighted by Gasteiger charge is 2.21. The Bertz CT molecular complexity index is 420. The molecule has 1 aromatic carbocycles. The highest BCUT2D eigenvalue weighted by molar-refractivity contribution is 5.48. The van der Waals surface area contributed by atoms with E-state index in [9.17, 15) is 0 Å². The Morgan fingerprint density at radius 2 is 1.86 bits per heavy atom. The third kappa shape index (κ3) is 4.63. The van der Waals surface area contributed by atoms with Gasteiger partial charge in [0, 0.05) is 11.6 Å². The van der Waals surface area contributed by atoms with Gasteiger partial charge in [-0.15, -0.1) is 0 Å². The van der Waals surface area contributed by atoms with Crippen LogP contribution < -0.4 is 14.8 Å². The van der Waals surface area contributed by atoms with Gasteiger partial charge in [0.15, 0.2) is 11.5 Å². The highest BCUT2D eigenvalue weighted by atomic mass is 16.6. The van der Waals surface area contributed by atoms with Crippen LogP contribution in [0.15, 0.2) is 18.2 Å². The molecule has 0 saturated heterocycles. The summed E-state index contributed by atoms with van der Waals surface area (Å²) in [5, 5.41) is 3.60. The van der Waals surface area contributed by atoms with Crippen molar-refractivity contribution in [3.05, 3.63) is 23.8 Å². The Kier molecular flexibility index (Phi) is 6.87. The first-order valence-electron chi connectivity index (χ1n) is 8.48. The van der Waals surface area contributed by atoms with Gasteiger partial charge < -0.3 is 14.8 Å². The Morgan fingerprint density at radius 3 is 2.67 bits per heavy atom. The van der Waals surface area contributed by atoms with Crippen molar-refractivity contribution in [1.29, 1.82) is 0 Å². The highest BCUT2D eigenvalue weighted by Crippen LogP contribution is 2.38. The molecule has 0 spiro atoms. The standard InChI is InChI=1S/C18H29NO2/c1-3-5-6-7-8-11-16(19-4-2)15-10-9-12-17-18(15)21-14-13-20-17/h9-10,12,16,19H,3-8,11,13-14H2,1-2H3. The number of ether oxygens (including phenoxy) is 2. The van der Waals surface area contributed by atoms with Gasteiger partial charge in [-0.1, -0.05) is 58.1 Å². The van der Waals surface area contributed by atoms with E-state index in [-0.39, 0.29) is 0 Å². The quantitative estimate of drug-likeness (QED) is 0.681. The second kappa shape index (κ2) is 8.93. The summed E-state index contributed by atoms with van der Waals surface area (Å²) in [4.78, 5) is 0. The summed E-state index contributed by atoms with van der Waals surface area (Å²) in [6, 6.07) is 6.62. The summed E-state index contributed by atoms with van der Waals surface area (Å²) >= 11 is 0. The molecule has 2 rings (SSSR count). The molecular weight excluding hydrogens is 262 g/mol. The van der Waals surface area contributed by atoms with Crippen LogP contribution in [0.3, 0.4) is 0 Å².